The van der Waals surface area contributed by atoms with Gasteiger partial charge in [0.15, 0.2) is 35.7 Å². The molecule has 9 N–H and O–H groups in total. The van der Waals surface area contributed by atoms with Gasteiger partial charge in [-0.2, -0.15) is 0 Å². The molecule has 3 aliphatic rings. The molecule has 6 aromatic heterocycles. The molecule has 0 radical (unpaired) electrons. The third-order valence-corrected chi connectivity index (χ3v) is 14.6. The van der Waals surface area contributed by atoms with Gasteiger partial charge in [0.05, 0.1) is 39.5 Å². The number of ether oxygens (including phenoxy) is 3. The number of hydrogen-bond donors (Lipinski definition) is 9. The average Bonchev–Trinajstić information content (AvgIpc) is 4.46. The van der Waals surface area contributed by atoms with Crippen LogP contribution >= 0.6 is 0 Å². The Morgan fingerprint density at radius 2 is 0.893 bits per heavy atom. The van der Waals surface area contributed by atoms with Crippen LogP contribution in [0, 0.1) is 19.7 Å². The maximum absolute atomic E-state index is 13.8. The van der Waals surface area contributed by atoms with Crippen LogP contribution in [0.5, 0.6) is 0 Å². The average molecular weight is 1170 g/mol. The van der Waals surface area contributed by atoms with Gasteiger partial charge in [-0.05, 0) is 49.7 Å². The number of halogens is 1. The molecular formula is C53H54FN9O21. The molecule has 84 heavy (non-hydrogen) atoms. The highest BCUT2D eigenvalue weighted by molar-refractivity contribution is 5.83. The zero-order valence-electron chi connectivity index (χ0n) is 44.2. The van der Waals surface area contributed by atoms with E-state index in [4.69, 9.17) is 27.8 Å². The Labute approximate surface area is 467 Å². The first-order valence-electron chi connectivity index (χ1n) is 25.8. The van der Waals surface area contributed by atoms with Gasteiger partial charge in [-0.15, -0.1) is 0 Å². The van der Waals surface area contributed by atoms with E-state index in [0.717, 1.165) is 68.3 Å². The van der Waals surface area contributed by atoms with Crippen molar-refractivity contribution in [1.82, 2.24) is 42.9 Å². The summed E-state index contributed by atoms with van der Waals surface area (Å²) in [5, 5.41) is 101. The largest absolute Gasteiger partial charge is 0.394 e. The Bertz CT molecular complexity index is 4150. The second-order valence-electron chi connectivity index (χ2n) is 19.9. The predicted molar refractivity (Wildman–Crippen MR) is 283 cm³/mol. The van der Waals surface area contributed by atoms with Gasteiger partial charge < -0.3 is 73.7 Å². The molecule has 3 saturated heterocycles. The van der Waals surface area contributed by atoms with Crippen LogP contribution in [0.15, 0.2) is 134 Å². The van der Waals surface area contributed by atoms with Crippen LogP contribution in [0.4, 0.5) is 4.39 Å². The first-order valence-corrected chi connectivity index (χ1v) is 25.8. The molecule has 12 atom stereocenters. The number of rotatable bonds is 12. The summed E-state index contributed by atoms with van der Waals surface area (Å²) in [5.41, 5.74) is -0.233. The molecule has 31 heteroatoms. The summed E-state index contributed by atoms with van der Waals surface area (Å²) in [6.07, 6.45) is -11.9. The lowest BCUT2D eigenvalue weighted by Gasteiger charge is -2.18. The van der Waals surface area contributed by atoms with Crippen molar-refractivity contribution in [2.45, 2.75) is 107 Å². The zero-order valence-corrected chi connectivity index (χ0v) is 44.2. The van der Waals surface area contributed by atoms with Crippen molar-refractivity contribution < 1.29 is 78.1 Å². The summed E-state index contributed by atoms with van der Waals surface area (Å²) >= 11 is 0. The van der Waals surface area contributed by atoms with E-state index in [0.29, 0.717) is 33.3 Å². The highest BCUT2D eigenvalue weighted by Gasteiger charge is 2.46. The second-order valence-corrected chi connectivity index (χ2v) is 19.9. The summed E-state index contributed by atoms with van der Waals surface area (Å²) in [6.45, 7) is 1.60. The third-order valence-electron chi connectivity index (χ3n) is 14.6. The van der Waals surface area contributed by atoms with Crippen LogP contribution in [0.1, 0.15) is 46.9 Å². The van der Waals surface area contributed by atoms with Crippen LogP contribution in [0.25, 0.3) is 32.9 Å². The van der Waals surface area contributed by atoms with Gasteiger partial charge in [-0.25, -0.2) is 18.8 Å². The summed E-state index contributed by atoms with van der Waals surface area (Å²) in [6, 6.07) is 18.5. The summed E-state index contributed by atoms with van der Waals surface area (Å²) in [7, 11) is 0. The maximum Gasteiger partial charge on any atom is 0.333 e. The molecule has 30 nitrogen and oxygen atoms in total. The molecule has 3 fully saturated rings. The van der Waals surface area contributed by atoms with E-state index in [9.17, 15) is 79.1 Å². The van der Waals surface area contributed by atoms with E-state index in [1.165, 1.54) is 24.5 Å². The first kappa shape index (κ1) is 58.7. The number of aryl methyl sites for hydroxylation is 2. The van der Waals surface area contributed by atoms with E-state index in [1.54, 1.807) is 18.2 Å². The Morgan fingerprint density at radius 3 is 1.36 bits per heavy atom. The number of para-hydroxylation sites is 1. The maximum atomic E-state index is 13.8. The first-order chi connectivity index (χ1) is 40.2. The van der Waals surface area contributed by atoms with Crippen molar-refractivity contribution in [1.29, 1.82) is 0 Å². The number of aliphatic hydroxyl groups excluding tert-OH is 9. The Kier molecular flexibility index (Phi) is 16.8. The van der Waals surface area contributed by atoms with Crippen molar-refractivity contribution in [3.8, 4) is 0 Å². The minimum atomic E-state index is -1.48. The van der Waals surface area contributed by atoms with Gasteiger partial charge in [0.1, 0.15) is 72.0 Å². The number of hydrogen-bond acceptors (Lipinski definition) is 24. The monoisotopic (exact) mass is 1170 g/mol. The Morgan fingerprint density at radius 1 is 0.476 bits per heavy atom. The normalized spacial score (nSPS) is 24.9. The highest BCUT2D eigenvalue weighted by Crippen LogP contribution is 2.31. The van der Waals surface area contributed by atoms with Crippen LogP contribution in [0.3, 0.4) is 0 Å². The summed E-state index contributed by atoms with van der Waals surface area (Å²) in [4.78, 5) is 75.4. The molecule has 3 aromatic carbocycles. The fourth-order valence-electron chi connectivity index (χ4n) is 10.0. The lowest BCUT2D eigenvalue weighted by atomic mass is 10.1. The molecule has 12 rings (SSSR count). The van der Waals surface area contributed by atoms with Gasteiger partial charge in [-0.1, -0.05) is 45.3 Å². The number of fused-ring (bicyclic) bond motifs is 3. The van der Waals surface area contributed by atoms with Crippen molar-refractivity contribution in [3.63, 3.8) is 0 Å². The zero-order chi connectivity index (χ0) is 60.0. The number of nitrogens with zero attached hydrogens (tertiary/aromatic N) is 9. The van der Waals surface area contributed by atoms with E-state index >= 15 is 0 Å². The van der Waals surface area contributed by atoms with Crippen LogP contribution in [-0.4, -0.2) is 164 Å². The lowest BCUT2D eigenvalue weighted by molar-refractivity contribution is -0.0555. The smallest absolute Gasteiger partial charge is 0.333 e. The Balaban J connectivity index is 0.000000140. The number of aliphatic hydroxyl groups is 9. The highest BCUT2D eigenvalue weighted by atomic mass is 19.1. The van der Waals surface area contributed by atoms with Crippen molar-refractivity contribution in [3.05, 3.63) is 188 Å². The minimum Gasteiger partial charge on any atom is -0.394 e. The van der Waals surface area contributed by atoms with Crippen molar-refractivity contribution >= 4 is 32.9 Å². The molecule has 0 spiro atoms. The van der Waals surface area contributed by atoms with E-state index < -0.39 is 133 Å². The fourth-order valence-corrected chi connectivity index (χ4v) is 10.0. The van der Waals surface area contributed by atoms with Crippen LogP contribution < -0.4 is 33.7 Å². The molecular weight excluding hydrogens is 1120 g/mol. The van der Waals surface area contributed by atoms with Crippen LogP contribution in [-0.2, 0) is 33.8 Å². The lowest BCUT2D eigenvalue weighted by Crippen LogP contribution is -2.43. The fraction of sp³-hybridized carbons (Fsp3) is 0.377. The third kappa shape index (κ3) is 10.9. The van der Waals surface area contributed by atoms with Gasteiger partial charge >= 0.3 is 17.1 Å². The number of aromatic nitrogens is 9. The van der Waals surface area contributed by atoms with E-state index in [-0.39, 0.29) is 30.9 Å². The summed E-state index contributed by atoms with van der Waals surface area (Å²) in [5.74, 6) is -0.624. The molecule has 3 unspecified atom stereocenters. The van der Waals surface area contributed by atoms with Gasteiger partial charge in [0, 0.05) is 52.9 Å². The minimum absolute atomic E-state index is 0.0923. The van der Waals surface area contributed by atoms with Crippen molar-refractivity contribution in [2.24, 2.45) is 0 Å². The molecule has 0 amide bonds. The standard InChI is InChI=1S/2C18H19N3O7.C17H16FN3O7/c1-9-2-3-12-10(6-9)11(19-28-12)7-21-14(23)4-5-20(18(21)26)17-16(25)15(24)13(8-22)27-17;1-9-3-2-4-11-14(9)10(19-28-11)7-21-13(23)5-6-20(18(21)26)17-16(25)15(24)12(8-22)27-17;18-9-3-1-2-8-10(19-28-15(8)9)6-21-12(23)4-5-20(17(21)26)16-14(25)13(24)11(7-22)27-16/h2-6,13,15-17,22,24-25H,7-8H2,1H3;2-6,12,15-17,22,24-25H,7-8H2,1H3;1-5,11,13-14,16,22,24-25H,6-7H2/t13-,15+,16?,17-;12-,15+,16?,17-;11-,13+,14?,16-/m111/s1. The molecule has 9 aromatic rings. The molecule has 0 aliphatic carbocycles. The van der Waals surface area contributed by atoms with Gasteiger partial charge in [-0.3, -0.25) is 41.8 Å². The molecule has 9 heterocycles. The molecule has 3 aliphatic heterocycles. The van der Waals surface area contributed by atoms with E-state index in [2.05, 4.69) is 15.5 Å². The van der Waals surface area contributed by atoms with E-state index in [1.807, 2.05) is 38.1 Å². The van der Waals surface area contributed by atoms with Gasteiger partial charge in [0.2, 0.25) is 5.58 Å². The predicted octanol–water partition coefficient (Wildman–Crippen LogP) is -2.81. The quantitative estimate of drug-likeness (QED) is 0.0596. The van der Waals surface area contributed by atoms with Crippen molar-refractivity contribution in [2.75, 3.05) is 19.8 Å². The molecule has 0 bridgehead atoms. The van der Waals surface area contributed by atoms with Gasteiger partial charge in [0.25, 0.3) is 16.7 Å². The topological polar surface area (TPSA) is 420 Å². The SMILES string of the molecule is Cc1ccc2onc(Cn3c(=O)ccn([C@@H]4O[C@H](CO)[C@H](O)C4O)c3=O)c2c1.Cc1cccc2onc(Cn3c(=O)ccn([C@@H]4O[C@H](CO)[C@H](O)C4O)c3=O)c12.O=c1ccn([C@@H]2O[C@H](CO)[C@H](O)C2O)c(=O)n1Cc1noc2c(F)cccc12. The second kappa shape index (κ2) is 24.0. The van der Waals surface area contributed by atoms with Crippen LogP contribution in [0.2, 0.25) is 0 Å². The molecule has 444 valence electrons. The molecule has 0 saturated carbocycles. The number of benzene rings is 3. The Hall–Kier alpha value is -8.44. The summed E-state index contributed by atoms with van der Waals surface area (Å²) < 4.78 is 51.0.